The zero-order valence-corrected chi connectivity index (χ0v) is 12.4. The Balaban J connectivity index is 1.41. The van der Waals surface area contributed by atoms with Gasteiger partial charge in [0.25, 0.3) is 0 Å². The Morgan fingerprint density at radius 2 is 1.55 bits per heavy atom. The van der Waals surface area contributed by atoms with Crippen LogP contribution in [-0.2, 0) is 0 Å². The van der Waals surface area contributed by atoms with Crippen molar-refractivity contribution in [2.24, 2.45) is 23.2 Å². The van der Waals surface area contributed by atoms with Gasteiger partial charge in [-0.3, -0.25) is 0 Å². The van der Waals surface area contributed by atoms with Crippen LogP contribution in [0.4, 0.5) is 4.79 Å². The van der Waals surface area contributed by atoms with Crippen molar-refractivity contribution < 1.29 is 9.90 Å². The molecule has 4 fully saturated rings. The van der Waals surface area contributed by atoms with E-state index < -0.39 is 0 Å². The largest absolute Gasteiger partial charge is 0.396 e. The second kappa shape index (κ2) is 5.92. The van der Waals surface area contributed by atoms with Crippen molar-refractivity contribution in [2.75, 3.05) is 19.7 Å². The van der Waals surface area contributed by atoms with E-state index >= 15 is 0 Å². The molecule has 0 aromatic rings. The van der Waals surface area contributed by atoms with E-state index in [0.717, 1.165) is 30.7 Å². The molecule has 0 spiro atoms. The number of amides is 2. The minimum absolute atomic E-state index is 0.0804. The maximum absolute atomic E-state index is 11.6. The van der Waals surface area contributed by atoms with Crippen LogP contribution < -0.4 is 10.6 Å². The van der Waals surface area contributed by atoms with Crippen molar-refractivity contribution in [1.29, 1.82) is 0 Å². The molecule has 0 radical (unpaired) electrons. The summed E-state index contributed by atoms with van der Waals surface area (Å²) in [4.78, 5) is 11.6. The molecule has 0 aliphatic heterocycles. The van der Waals surface area contributed by atoms with Gasteiger partial charge in [0.15, 0.2) is 0 Å². The van der Waals surface area contributed by atoms with E-state index in [4.69, 9.17) is 5.11 Å². The van der Waals surface area contributed by atoms with Crippen molar-refractivity contribution in [3.63, 3.8) is 0 Å². The first-order valence-corrected chi connectivity index (χ1v) is 8.32. The second-order valence-electron chi connectivity index (χ2n) is 7.43. The molecule has 4 aliphatic rings. The molecule has 4 rings (SSSR count). The summed E-state index contributed by atoms with van der Waals surface area (Å²) in [5.74, 6) is 2.96. The molecule has 4 saturated carbocycles. The number of carbonyl (C=O) groups is 1. The summed E-state index contributed by atoms with van der Waals surface area (Å²) in [6.45, 7) is 1.49. The molecule has 4 bridgehead atoms. The van der Waals surface area contributed by atoms with E-state index in [0.29, 0.717) is 18.4 Å². The smallest absolute Gasteiger partial charge is 0.314 e. The lowest BCUT2D eigenvalue weighted by Crippen LogP contribution is -2.47. The molecule has 114 valence electrons. The second-order valence-corrected chi connectivity index (χ2v) is 7.43. The molecule has 4 heteroatoms. The van der Waals surface area contributed by atoms with Crippen LogP contribution in [0.1, 0.15) is 51.4 Å². The van der Waals surface area contributed by atoms with Crippen LogP contribution in [0.2, 0.25) is 0 Å². The quantitative estimate of drug-likeness (QED) is 0.654. The number of rotatable bonds is 6. The third-order valence-electron chi connectivity index (χ3n) is 5.73. The standard InChI is InChI=1S/C16H28N2O2/c19-5-1-3-17-15(20)18-4-2-16-9-12-6-13(10-16)8-14(7-12)11-16/h12-14,19H,1-11H2,(H2,17,18,20). The normalized spacial score (nSPS) is 38.0. The summed E-state index contributed by atoms with van der Waals surface area (Å²) >= 11 is 0. The van der Waals surface area contributed by atoms with Crippen LogP contribution in [0.25, 0.3) is 0 Å². The average Bonchev–Trinajstić information content (AvgIpc) is 2.37. The highest BCUT2D eigenvalue weighted by Gasteiger charge is 2.50. The first kappa shape index (κ1) is 14.2. The molecule has 0 heterocycles. The molecular formula is C16H28N2O2. The number of hydrogen-bond donors (Lipinski definition) is 3. The van der Waals surface area contributed by atoms with Gasteiger partial charge in [-0.1, -0.05) is 0 Å². The molecule has 20 heavy (non-hydrogen) atoms. The summed E-state index contributed by atoms with van der Waals surface area (Å²) in [6, 6.07) is -0.0804. The molecule has 3 N–H and O–H groups in total. The maximum atomic E-state index is 11.6. The van der Waals surface area contributed by atoms with Gasteiger partial charge in [-0.15, -0.1) is 0 Å². The van der Waals surface area contributed by atoms with Crippen LogP contribution in [0.15, 0.2) is 0 Å². The van der Waals surface area contributed by atoms with E-state index in [-0.39, 0.29) is 12.6 Å². The zero-order valence-electron chi connectivity index (χ0n) is 12.4. The van der Waals surface area contributed by atoms with Crippen LogP contribution in [0, 0.1) is 23.2 Å². The Labute approximate surface area is 121 Å². The van der Waals surface area contributed by atoms with E-state index in [1.54, 1.807) is 0 Å². The first-order chi connectivity index (χ1) is 9.69. The number of urea groups is 1. The van der Waals surface area contributed by atoms with Crippen LogP contribution in [0.5, 0.6) is 0 Å². The van der Waals surface area contributed by atoms with Crippen molar-refractivity contribution in [3.05, 3.63) is 0 Å². The topological polar surface area (TPSA) is 61.4 Å². The Hall–Kier alpha value is -0.770. The molecule has 0 saturated heterocycles. The first-order valence-electron chi connectivity index (χ1n) is 8.32. The Morgan fingerprint density at radius 1 is 1.00 bits per heavy atom. The summed E-state index contributed by atoms with van der Waals surface area (Å²) in [6.07, 6.45) is 10.5. The Morgan fingerprint density at radius 3 is 2.10 bits per heavy atom. The summed E-state index contributed by atoms with van der Waals surface area (Å²) < 4.78 is 0. The molecule has 2 amide bonds. The predicted molar refractivity (Wildman–Crippen MR) is 78.3 cm³/mol. The summed E-state index contributed by atoms with van der Waals surface area (Å²) in [5, 5.41) is 14.4. The zero-order chi connectivity index (χ0) is 14.0. The number of aliphatic hydroxyl groups excluding tert-OH is 1. The minimum Gasteiger partial charge on any atom is -0.396 e. The van der Waals surface area contributed by atoms with Gasteiger partial charge >= 0.3 is 6.03 Å². The molecular weight excluding hydrogens is 252 g/mol. The van der Waals surface area contributed by atoms with Gasteiger partial charge in [-0.05, 0) is 74.5 Å². The molecule has 4 aliphatic carbocycles. The van der Waals surface area contributed by atoms with Gasteiger partial charge in [0.1, 0.15) is 0 Å². The number of nitrogens with one attached hydrogen (secondary N) is 2. The van der Waals surface area contributed by atoms with E-state index in [1.165, 1.54) is 38.5 Å². The highest BCUT2D eigenvalue weighted by molar-refractivity contribution is 5.73. The van der Waals surface area contributed by atoms with Crippen molar-refractivity contribution in [3.8, 4) is 0 Å². The van der Waals surface area contributed by atoms with E-state index in [2.05, 4.69) is 10.6 Å². The lowest BCUT2D eigenvalue weighted by Gasteiger charge is -2.57. The van der Waals surface area contributed by atoms with E-state index in [9.17, 15) is 4.79 Å². The van der Waals surface area contributed by atoms with Crippen LogP contribution >= 0.6 is 0 Å². The van der Waals surface area contributed by atoms with Gasteiger partial charge in [0.2, 0.25) is 0 Å². The third kappa shape index (κ3) is 3.11. The number of carbonyl (C=O) groups excluding carboxylic acids is 1. The van der Waals surface area contributed by atoms with Gasteiger partial charge in [-0.25, -0.2) is 4.79 Å². The monoisotopic (exact) mass is 280 g/mol. The number of aliphatic hydroxyl groups is 1. The Kier molecular flexibility index (Phi) is 4.20. The van der Waals surface area contributed by atoms with E-state index in [1.807, 2.05) is 0 Å². The minimum atomic E-state index is -0.0804. The molecule has 4 nitrogen and oxygen atoms in total. The summed E-state index contributed by atoms with van der Waals surface area (Å²) in [7, 11) is 0. The molecule has 0 atom stereocenters. The predicted octanol–water partition coefficient (Wildman–Crippen LogP) is 2.27. The molecule has 0 aromatic heterocycles. The van der Waals surface area contributed by atoms with Gasteiger partial charge in [-0.2, -0.15) is 0 Å². The van der Waals surface area contributed by atoms with Crippen LogP contribution in [0.3, 0.4) is 0 Å². The fourth-order valence-corrected chi connectivity index (χ4v) is 5.38. The van der Waals surface area contributed by atoms with Crippen LogP contribution in [-0.4, -0.2) is 30.8 Å². The SMILES string of the molecule is O=C(NCCCO)NCCC12CC3CC(CC(C3)C1)C2. The van der Waals surface area contributed by atoms with Gasteiger partial charge < -0.3 is 15.7 Å². The average molecular weight is 280 g/mol. The van der Waals surface area contributed by atoms with Crippen molar-refractivity contribution >= 4 is 6.03 Å². The van der Waals surface area contributed by atoms with Crippen molar-refractivity contribution in [1.82, 2.24) is 10.6 Å². The highest BCUT2D eigenvalue weighted by atomic mass is 16.3. The summed E-state index contributed by atoms with van der Waals surface area (Å²) in [5.41, 5.74) is 0.549. The fourth-order valence-electron chi connectivity index (χ4n) is 5.38. The van der Waals surface area contributed by atoms with Gasteiger partial charge in [0.05, 0.1) is 0 Å². The number of hydrogen-bond acceptors (Lipinski definition) is 2. The molecule has 0 unspecified atom stereocenters. The third-order valence-corrected chi connectivity index (χ3v) is 5.73. The molecule has 0 aromatic carbocycles. The van der Waals surface area contributed by atoms with Gasteiger partial charge in [0, 0.05) is 19.7 Å². The van der Waals surface area contributed by atoms with Crippen molar-refractivity contribution in [2.45, 2.75) is 51.4 Å². The maximum Gasteiger partial charge on any atom is 0.314 e. The lowest BCUT2D eigenvalue weighted by molar-refractivity contribution is -0.0563. The lowest BCUT2D eigenvalue weighted by atomic mass is 9.49. The fraction of sp³-hybridized carbons (Fsp3) is 0.938. The Bertz CT molecular complexity index is 321. The highest BCUT2D eigenvalue weighted by Crippen LogP contribution is 2.61.